The van der Waals surface area contributed by atoms with E-state index >= 15 is 0 Å². The second-order valence-electron chi connectivity index (χ2n) is 7.70. The van der Waals surface area contributed by atoms with Crippen LogP contribution < -0.4 is 16.0 Å². The van der Waals surface area contributed by atoms with Gasteiger partial charge in [0, 0.05) is 25.9 Å². The van der Waals surface area contributed by atoms with Crippen molar-refractivity contribution < 1.29 is 4.74 Å². The highest BCUT2D eigenvalue weighted by Crippen LogP contribution is 2.28. The van der Waals surface area contributed by atoms with Gasteiger partial charge in [0.1, 0.15) is 5.75 Å². The first-order chi connectivity index (χ1) is 15.5. The monoisotopic (exact) mass is 429 g/mol. The molecule has 0 aliphatic rings. The predicted molar refractivity (Wildman–Crippen MR) is 123 cm³/mol. The Balaban J connectivity index is 1.80. The second kappa shape index (κ2) is 7.56. The highest BCUT2D eigenvalue weighted by Gasteiger charge is 2.21. The maximum Gasteiger partial charge on any atom is 0.332 e. The van der Waals surface area contributed by atoms with Gasteiger partial charge in [0.15, 0.2) is 11.2 Å². The lowest BCUT2D eigenvalue weighted by Gasteiger charge is -2.10. The van der Waals surface area contributed by atoms with Crippen molar-refractivity contribution >= 4 is 16.9 Å². The third kappa shape index (κ3) is 3.03. The van der Waals surface area contributed by atoms with Gasteiger partial charge < -0.3 is 9.30 Å². The third-order valence-electron chi connectivity index (χ3n) is 5.70. The Morgan fingerprint density at radius 2 is 1.66 bits per heavy atom. The van der Waals surface area contributed by atoms with Crippen LogP contribution in [-0.2, 0) is 20.6 Å². The lowest BCUT2D eigenvalue weighted by Crippen LogP contribution is -2.37. The van der Waals surface area contributed by atoms with Gasteiger partial charge in [-0.25, -0.2) is 4.79 Å². The molecule has 8 nitrogen and oxygen atoms in total. The van der Waals surface area contributed by atoms with Crippen molar-refractivity contribution in [3.63, 3.8) is 0 Å². The maximum atomic E-state index is 13.0. The largest absolute Gasteiger partial charge is 0.494 e. The van der Waals surface area contributed by atoms with E-state index in [1.807, 2.05) is 55.6 Å². The van der Waals surface area contributed by atoms with Crippen LogP contribution in [0.2, 0.25) is 0 Å². The minimum absolute atomic E-state index is 0.369. The first-order valence-electron chi connectivity index (χ1n) is 10.4. The average molecular weight is 429 g/mol. The van der Waals surface area contributed by atoms with Gasteiger partial charge in [-0.1, -0.05) is 30.3 Å². The molecule has 0 spiro atoms. The van der Waals surface area contributed by atoms with Crippen molar-refractivity contribution in [1.29, 1.82) is 0 Å². The summed E-state index contributed by atoms with van der Waals surface area (Å²) in [6.07, 6.45) is 1.91. The van der Waals surface area contributed by atoms with Crippen LogP contribution in [0.3, 0.4) is 0 Å². The van der Waals surface area contributed by atoms with Crippen LogP contribution in [0.5, 0.6) is 5.75 Å². The summed E-state index contributed by atoms with van der Waals surface area (Å²) in [5, 5.41) is 0. The topological polar surface area (TPSA) is 75.5 Å². The van der Waals surface area contributed by atoms with Crippen molar-refractivity contribution in [2.45, 2.75) is 13.5 Å². The first-order valence-corrected chi connectivity index (χ1v) is 10.4. The van der Waals surface area contributed by atoms with Crippen LogP contribution in [-0.4, -0.2) is 29.7 Å². The average Bonchev–Trinajstić information content (AvgIpc) is 3.35. The maximum absolute atomic E-state index is 13.0. The number of aryl methyl sites for hydroxylation is 1. The van der Waals surface area contributed by atoms with E-state index in [-0.39, 0.29) is 5.56 Å². The number of ether oxygens (including phenoxy) is 1. The highest BCUT2D eigenvalue weighted by atomic mass is 16.5. The summed E-state index contributed by atoms with van der Waals surface area (Å²) in [6, 6.07) is 17.9. The molecule has 0 aliphatic carbocycles. The molecule has 2 aromatic carbocycles. The molecule has 8 heteroatoms. The van der Waals surface area contributed by atoms with Gasteiger partial charge in [0.25, 0.3) is 5.56 Å². The smallest absolute Gasteiger partial charge is 0.332 e. The number of hydrogen-bond acceptors (Lipinski definition) is 4. The lowest BCUT2D eigenvalue weighted by molar-refractivity contribution is 0.340. The van der Waals surface area contributed by atoms with E-state index in [4.69, 9.17) is 9.72 Å². The molecular weight excluding hydrogens is 406 g/mol. The van der Waals surface area contributed by atoms with E-state index < -0.39 is 5.69 Å². The molecule has 0 aliphatic heterocycles. The second-order valence-corrected chi connectivity index (χ2v) is 7.70. The molecule has 5 rings (SSSR count). The Bertz CT molecular complexity index is 1550. The molecule has 32 heavy (non-hydrogen) atoms. The molecule has 0 N–H and O–H groups in total. The highest BCUT2D eigenvalue weighted by molar-refractivity contribution is 5.78. The SMILES string of the molecule is CCOc1ccc(-c2cn3c4c(=O)n(C)c(=O)n(C)c4nc3n2Cc2ccccc2)cc1. The number of hydrogen-bond donors (Lipinski definition) is 0. The Morgan fingerprint density at radius 1 is 0.938 bits per heavy atom. The molecule has 0 saturated heterocycles. The standard InChI is InChI=1S/C24H23N5O3/c1-4-32-18-12-10-17(11-13-18)19-15-29-20-21(26(2)24(31)27(3)22(20)30)25-23(29)28(19)14-16-8-6-5-7-9-16/h5-13,15H,4,14H2,1-3H3. The van der Waals surface area contributed by atoms with E-state index in [9.17, 15) is 9.59 Å². The fourth-order valence-corrected chi connectivity index (χ4v) is 4.06. The van der Waals surface area contributed by atoms with Crippen LogP contribution in [0.25, 0.3) is 28.2 Å². The molecule has 0 bridgehead atoms. The fourth-order valence-electron chi connectivity index (χ4n) is 4.06. The zero-order valence-electron chi connectivity index (χ0n) is 18.1. The molecule has 0 radical (unpaired) electrons. The Labute approximate surface area is 183 Å². The summed E-state index contributed by atoms with van der Waals surface area (Å²) in [6.45, 7) is 3.12. The van der Waals surface area contributed by atoms with Crippen molar-refractivity contribution in [2.75, 3.05) is 6.61 Å². The molecular formula is C24H23N5O3. The number of imidazole rings is 2. The number of benzene rings is 2. The van der Waals surface area contributed by atoms with Crippen molar-refractivity contribution in [3.8, 4) is 17.0 Å². The Hall–Kier alpha value is -4.07. The minimum Gasteiger partial charge on any atom is -0.494 e. The molecule has 0 atom stereocenters. The lowest BCUT2D eigenvalue weighted by atomic mass is 10.1. The van der Waals surface area contributed by atoms with E-state index in [0.717, 1.165) is 27.1 Å². The summed E-state index contributed by atoms with van der Waals surface area (Å²) in [5.41, 5.74) is 2.97. The van der Waals surface area contributed by atoms with Gasteiger partial charge in [0.2, 0.25) is 5.78 Å². The first kappa shape index (κ1) is 19.9. The van der Waals surface area contributed by atoms with Gasteiger partial charge in [-0.15, -0.1) is 0 Å². The number of fused-ring (bicyclic) bond motifs is 3. The van der Waals surface area contributed by atoms with Gasteiger partial charge in [-0.2, -0.15) is 4.98 Å². The Morgan fingerprint density at radius 3 is 2.34 bits per heavy atom. The van der Waals surface area contributed by atoms with Crippen molar-refractivity contribution in [3.05, 3.63) is 87.2 Å². The molecule has 0 unspecified atom stereocenters. The molecule has 0 amide bonds. The molecule has 3 heterocycles. The third-order valence-corrected chi connectivity index (χ3v) is 5.70. The number of nitrogens with zero attached hydrogens (tertiary/aromatic N) is 5. The zero-order chi connectivity index (χ0) is 22.4. The Kier molecular flexibility index (Phi) is 4.70. The van der Waals surface area contributed by atoms with E-state index in [1.165, 1.54) is 11.6 Å². The van der Waals surface area contributed by atoms with Crippen LogP contribution in [0.15, 0.2) is 70.4 Å². The molecule has 3 aromatic heterocycles. The van der Waals surface area contributed by atoms with Crippen LogP contribution in [0, 0.1) is 0 Å². The van der Waals surface area contributed by atoms with Crippen molar-refractivity contribution in [2.24, 2.45) is 14.1 Å². The van der Waals surface area contributed by atoms with Crippen LogP contribution in [0.4, 0.5) is 0 Å². The molecule has 0 fully saturated rings. The summed E-state index contributed by atoms with van der Waals surface area (Å²) in [4.78, 5) is 30.1. The van der Waals surface area contributed by atoms with Crippen LogP contribution >= 0.6 is 0 Å². The van der Waals surface area contributed by atoms with E-state index in [2.05, 4.69) is 16.7 Å². The summed E-state index contributed by atoms with van der Waals surface area (Å²) >= 11 is 0. The fraction of sp³-hybridized carbons (Fsp3) is 0.208. The van der Waals surface area contributed by atoms with Crippen LogP contribution in [0.1, 0.15) is 12.5 Å². The molecule has 0 saturated carbocycles. The summed E-state index contributed by atoms with van der Waals surface area (Å²) in [7, 11) is 3.11. The van der Waals surface area contributed by atoms with E-state index in [1.54, 1.807) is 11.4 Å². The normalized spacial score (nSPS) is 11.5. The van der Waals surface area contributed by atoms with Gasteiger partial charge in [0.05, 0.1) is 18.8 Å². The molecule has 5 aromatic rings. The van der Waals surface area contributed by atoms with Gasteiger partial charge >= 0.3 is 5.69 Å². The quantitative estimate of drug-likeness (QED) is 0.431. The zero-order valence-corrected chi connectivity index (χ0v) is 18.1. The van der Waals surface area contributed by atoms with Gasteiger partial charge in [-0.05, 0) is 36.8 Å². The summed E-state index contributed by atoms with van der Waals surface area (Å²) in [5.74, 6) is 1.41. The van der Waals surface area contributed by atoms with Gasteiger partial charge in [-0.3, -0.25) is 18.3 Å². The molecule has 162 valence electrons. The number of rotatable bonds is 5. The van der Waals surface area contributed by atoms with Crippen molar-refractivity contribution in [1.82, 2.24) is 23.1 Å². The minimum atomic E-state index is -0.399. The summed E-state index contributed by atoms with van der Waals surface area (Å²) < 4.78 is 11.9. The predicted octanol–water partition coefficient (Wildman–Crippen LogP) is 2.80. The van der Waals surface area contributed by atoms with E-state index in [0.29, 0.717) is 30.1 Å². The number of aromatic nitrogens is 5.